The van der Waals surface area contributed by atoms with Gasteiger partial charge in [0.1, 0.15) is 0 Å². The lowest BCUT2D eigenvalue weighted by Crippen LogP contribution is -2.18. The molecule has 0 amide bonds. The summed E-state index contributed by atoms with van der Waals surface area (Å²) in [6.07, 6.45) is 1.08. The van der Waals surface area contributed by atoms with Gasteiger partial charge in [-0.15, -0.1) is 11.3 Å². The second-order valence-corrected chi connectivity index (χ2v) is 3.88. The summed E-state index contributed by atoms with van der Waals surface area (Å²) in [5.74, 6) is 0. The number of likely N-dealkylation sites (N-methyl/N-ethyl adjacent to an activating group) is 1. The first-order valence-corrected chi connectivity index (χ1v) is 5.00. The third-order valence-electron chi connectivity index (χ3n) is 1.91. The van der Waals surface area contributed by atoms with E-state index in [1.807, 2.05) is 7.05 Å². The highest BCUT2D eigenvalue weighted by Gasteiger charge is 2.09. The summed E-state index contributed by atoms with van der Waals surface area (Å²) in [6.45, 7) is 2.31. The van der Waals surface area contributed by atoms with Crippen LogP contribution in [0.3, 0.4) is 0 Å². The van der Waals surface area contributed by atoms with Crippen molar-refractivity contribution in [2.75, 3.05) is 13.7 Å². The first kappa shape index (κ1) is 9.71. The molecule has 0 aliphatic rings. The van der Waals surface area contributed by atoms with Crippen LogP contribution in [0.1, 0.15) is 22.7 Å². The van der Waals surface area contributed by atoms with Crippen molar-refractivity contribution in [1.29, 1.82) is 0 Å². The zero-order chi connectivity index (χ0) is 8.97. The first-order valence-electron chi connectivity index (χ1n) is 4.18. The molecule has 0 aliphatic heterocycles. The number of hydrogen-bond donors (Lipinski definition) is 2. The van der Waals surface area contributed by atoms with Crippen LogP contribution in [0, 0.1) is 0 Å². The van der Waals surface area contributed by atoms with Crippen molar-refractivity contribution in [2.24, 2.45) is 0 Å². The highest BCUT2D eigenvalue weighted by molar-refractivity contribution is 7.12. The molecular formula is C9H15NOS. The summed E-state index contributed by atoms with van der Waals surface area (Å²) in [6, 6.07) is 4.32. The van der Waals surface area contributed by atoms with Crippen LogP contribution in [0.5, 0.6) is 0 Å². The lowest BCUT2D eigenvalue weighted by atomic mass is 10.2. The molecule has 1 aromatic heterocycles. The lowest BCUT2D eigenvalue weighted by molar-refractivity contribution is 0.253. The van der Waals surface area contributed by atoms with E-state index in [9.17, 15) is 0 Å². The van der Waals surface area contributed by atoms with E-state index in [1.54, 1.807) is 11.3 Å². The number of aliphatic hydroxyl groups is 1. The van der Waals surface area contributed by atoms with E-state index in [0.717, 1.165) is 6.42 Å². The van der Waals surface area contributed by atoms with Crippen LogP contribution in [-0.4, -0.2) is 18.8 Å². The maximum absolute atomic E-state index is 9.01. The van der Waals surface area contributed by atoms with E-state index < -0.39 is 0 Å². The Labute approximate surface area is 77.2 Å². The fourth-order valence-corrected chi connectivity index (χ4v) is 2.15. The molecule has 0 aromatic carbocycles. The monoisotopic (exact) mass is 185 g/mol. The molecule has 2 nitrogen and oxygen atoms in total. The molecule has 2 N–H and O–H groups in total. The predicted octanol–water partition coefficient (Wildman–Crippen LogP) is 1.56. The summed E-state index contributed by atoms with van der Waals surface area (Å²) in [5.41, 5.74) is 0. The van der Waals surface area contributed by atoms with Crippen LogP contribution in [0.15, 0.2) is 12.1 Å². The highest BCUT2D eigenvalue weighted by Crippen LogP contribution is 2.22. The third-order valence-corrected chi connectivity index (χ3v) is 3.25. The van der Waals surface area contributed by atoms with E-state index in [-0.39, 0.29) is 12.6 Å². The molecule has 1 aromatic rings. The van der Waals surface area contributed by atoms with Crippen LogP contribution in [0.4, 0.5) is 0 Å². The number of aliphatic hydroxyl groups excluding tert-OH is 1. The summed E-state index contributed by atoms with van der Waals surface area (Å²) >= 11 is 1.77. The summed E-state index contributed by atoms with van der Waals surface area (Å²) in [7, 11) is 1.87. The minimum atomic E-state index is 0.107. The zero-order valence-electron chi connectivity index (χ0n) is 7.50. The molecule has 1 heterocycles. The van der Waals surface area contributed by atoms with Crippen molar-refractivity contribution in [1.82, 2.24) is 5.32 Å². The number of nitrogens with one attached hydrogen (secondary N) is 1. The Bertz CT molecular complexity index is 230. The summed E-state index contributed by atoms with van der Waals surface area (Å²) in [4.78, 5) is 2.59. The average molecular weight is 185 g/mol. The van der Waals surface area contributed by atoms with E-state index in [4.69, 9.17) is 5.11 Å². The SMILES string of the molecule is CCc1ccc([C@@H](CO)NC)s1. The summed E-state index contributed by atoms with van der Waals surface area (Å²) < 4.78 is 0. The summed E-state index contributed by atoms with van der Waals surface area (Å²) in [5, 5.41) is 12.1. The van der Waals surface area contributed by atoms with Gasteiger partial charge in [-0.25, -0.2) is 0 Å². The molecule has 1 rings (SSSR count). The molecule has 12 heavy (non-hydrogen) atoms. The maximum Gasteiger partial charge on any atom is 0.0647 e. The molecule has 3 heteroatoms. The van der Waals surface area contributed by atoms with Crippen LogP contribution >= 0.6 is 11.3 Å². The Kier molecular flexibility index (Phi) is 3.72. The van der Waals surface area contributed by atoms with Gasteiger partial charge in [-0.2, -0.15) is 0 Å². The van der Waals surface area contributed by atoms with Crippen molar-refractivity contribution >= 4 is 11.3 Å². The maximum atomic E-state index is 9.01. The number of thiophene rings is 1. The normalized spacial score (nSPS) is 13.2. The van der Waals surface area contributed by atoms with Gasteiger partial charge in [-0.05, 0) is 25.6 Å². The molecular weight excluding hydrogens is 170 g/mol. The van der Waals surface area contributed by atoms with Gasteiger partial charge < -0.3 is 10.4 Å². The van der Waals surface area contributed by atoms with E-state index in [1.165, 1.54) is 9.75 Å². The second-order valence-electron chi connectivity index (χ2n) is 2.68. The largest absolute Gasteiger partial charge is 0.394 e. The average Bonchev–Trinajstić information content (AvgIpc) is 2.55. The van der Waals surface area contributed by atoms with Crippen molar-refractivity contribution < 1.29 is 5.11 Å². The smallest absolute Gasteiger partial charge is 0.0647 e. The standard InChI is InChI=1S/C9H15NOS/c1-3-7-4-5-9(12-7)8(6-11)10-2/h4-5,8,10-11H,3,6H2,1-2H3/t8-/m1/s1. The quantitative estimate of drug-likeness (QED) is 0.746. The van der Waals surface area contributed by atoms with Gasteiger partial charge in [-0.1, -0.05) is 6.92 Å². The molecule has 0 saturated heterocycles. The molecule has 0 bridgehead atoms. The van der Waals surface area contributed by atoms with Gasteiger partial charge in [0.15, 0.2) is 0 Å². The van der Waals surface area contributed by atoms with Gasteiger partial charge in [-0.3, -0.25) is 0 Å². The van der Waals surface area contributed by atoms with Gasteiger partial charge in [0.25, 0.3) is 0 Å². The molecule has 0 aliphatic carbocycles. The van der Waals surface area contributed by atoms with Gasteiger partial charge in [0.2, 0.25) is 0 Å². The van der Waals surface area contributed by atoms with Crippen molar-refractivity contribution in [3.05, 3.63) is 21.9 Å². The Balaban J connectivity index is 2.72. The molecule has 0 radical (unpaired) electrons. The Morgan fingerprint density at radius 3 is 2.75 bits per heavy atom. The van der Waals surface area contributed by atoms with Crippen molar-refractivity contribution in [3.8, 4) is 0 Å². The van der Waals surface area contributed by atoms with E-state index in [2.05, 4.69) is 24.4 Å². The lowest BCUT2D eigenvalue weighted by Gasteiger charge is -2.09. The minimum Gasteiger partial charge on any atom is -0.394 e. The van der Waals surface area contributed by atoms with Gasteiger partial charge in [0.05, 0.1) is 12.6 Å². The minimum absolute atomic E-state index is 0.107. The molecule has 0 saturated carbocycles. The molecule has 0 fully saturated rings. The fraction of sp³-hybridized carbons (Fsp3) is 0.556. The van der Waals surface area contributed by atoms with E-state index in [0.29, 0.717) is 0 Å². The highest BCUT2D eigenvalue weighted by atomic mass is 32.1. The van der Waals surface area contributed by atoms with E-state index >= 15 is 0 Å². The van der Waals surface area contributed by atoms with Crippen LogP contribution in [0.25, 0.3) is 0 Å². The zero-order valence-corrected chi connectivity index (χ0v) is 8.32. The fourth-order valence-electron chi connectivity index (χ4n) is 1.10. The van der Waals surface area contributed by atoms with Gasteiger partial charge in [0, 0.05) is 9.75 Å². The van der Waals surface area contributed by atoms with Crippen LogP contribution in [-0.2, 0) is 6.42 Å². The molecule has 0 spiro atoms. The number of hydrogen-bond acceptors (Lipinski definition) is 3. The molecule has 1 atom stereocenters. The number of aryl methyl sites for hydroxylation is 1. The topological polar surface area (TPSA) is 32.3 Å². The Morgan fingerprint density at radius 2 is 2.33 bits per heavy atom. The predicted molar refractivity (Wildman–Crippen MR) is 52.6 cm³/mol. The Hall–Kier alpha value is -0.380. The number of rotatable bonds is 4. The van der Waals surface area contributed by atoms with Crippen LogP contribution in [0.2, 0.25) is 0 Å². The third kappa shape index (κ3) is 2.06. The van der Waals surface area contributed by atoms with Crippen molar-refractivity contribution in [2.45, 2.75) is 19.4 Å². The van der Waals surface area contributed by atoms with Crippen LogP contribution < -0.4 is 5.32 Å². The molecule has 68 valence electrons. The van der Waals surface area contributed by atoms with Crippen molar-refractivity contribution in [3.63, 3.8) is 0 Å². The molecule has 0 unspecified atom stereocenters. The Morgan fingerprint density at radius 1 is 1.58 bits per heavy atom. The van der Waals surface area contributed by atoms with Gasteiger partial charge >= 0.3 is 0 Å². The first-order chi connectivity index (χ1) is 5.81. The second kappa shape index (κ2) is 4.60.